The molecule has 1 amide bonds. The Hall–Kier alpha value is -2.04. The van der Waals surface area contributed by atoms with Crippen molar-refractivity contribution >= 4 is 46.4 Å². The van der Waals surface area contributed by atoms with Crippen LogP contribution in [0.2, 0.25) is 15.1 Å². The molecule has 6 heteroatoms. The molecule has 28 heavy (non-hydrogen) atoms. The number of amides is 1. The molecule has 3 aromatic carbocycles. The highest BCUT2D eigenvalue weighted by Gasteiger charge is 2.15. The first-order valence-corrected chi connectivity index (χ1v) is 9.93. The average molecular weight is 434 g/mol. The molecule has 0 bridgehead atoms. The monoisotopic (exact) mass is 432 g/mol. The maximum atomic E-state index is 12.5. The lowest BCUT2D eigenvalue weighted by Crippen LogP contribution is -2.32. The van der Waals surface area contributed by atoms with Crippen LogP contribution in [0.25, 0.3) is 0 Å². The van der Waals surface area contributed by atoms with Gasteiger partial charge >= 0.3 is 0 Å². The van der Waals surface area contributed by atoms with E-state index in [1.165, 1.54) is 5.56 Å². The molecule has 144 valence electrons. The van der Waals surface area contributed by atoms with E-state index in [1.807, 2.05) is 48.5 Å². The molecule has 0 aromatic heterocycles. The summed E-state index contributed by atoms with van der Waals surface area (Å²) in [4.78, 5) is 12.5. The van der Waals surface area contributed by atoms with Gasteiger partial charge in [-0.1, -0.05) is 95.5 Å². The normalized spacial score (nSPS) is 11.8. The molecular formula is C22H19Cl3N2O. The third-order valence-corrected chi connectivity index (χ3v) is 5.08. The molecule has 3 rings (SSSR count). The molecule has 1 atom stereocenters. The van der Waals surface area contributed by atoms with Crippen LogP contribution in [0.1, 0.15) is 17.2 Å². The summed E-state index contributed by atoms with van der Waals surface area (Å²) in [5.74, 6) is -0.236. The second kappa shape index (κ2) is 9.94. The molecule has 2 N–H and O–H groups in total. The van der Waals surface area contributed by atoms with E-state index < -0.39 is 0 Å². The van der Waals surface area contributed by atoms with Crippen LogP contribution in [0.5, 0.6) is 0 Å². The van der Waals surface area contributed by atoms with Crippen molar-refractivity contribution in [3.63, 3.8) is 0 Å². The first kappa shape index (κ1) is 20.7. The molecule has 0 spiro atoms. The van der Waals surface area contributed by atoms with E-state index >= 15 is 0 Å². The largest absolute Gasteiger partial charge is 0.322 e. The highest BCUT2D eigenvalue weighted by Crippen LogP contribution is 2.33. The molecule has 0 radical (unpaired) electrons. The summed E-state index contributed by atoms with van der Waals surface area (Å²) in [6.45, 7) is 0.113. The van der Waals surface area contributed by atoms with E-state index in [2.05, 4.69) is 22.8 Å². The predicted octanol–water partition coefficient (Wildman–Crippen LogP) is 6.16. The molecule has 0 saturated heterocycles. The van der Waals surface area contributed by atoms with Crippen molar-refractivity contribution < 1.29 is 4.79 Å². The third kappa shape index (κ3) is 5.73. The summed E-state index contributed by atoms with van der Waals surface area (Å²) < 4.78 is 0. The predicted molar refractivity (Wildman–Crippen MR) is 117 cm³/mol. The van der Waals surface area contributed by atoms with Gasteiger partial charge in [-0.05, 0) is 29.7 Å². The number of hydrogen-bond donors (Lipinski definition) is 2. The fourth-order valence-electron chi connectivity index (χ4n) is 2.90. The Morgan fingerprint density at radius 1 is 0.857 bits per heavy atom. The van der Waals surface area contributed by atoms with Crippen LogP contribution in [0.3, 0.4) is 0 Å². The minimum Gasteiger partial charge on any atom is -0.322 e. The van der Waals surface area contributed by atoms with Crippen molar-refractivity contribution in [2.75, 3.05) is 11.9 Å². The van der Waals surface area contributed by atoms with Gasteiger partial charge in [0.1, 0.15) is 0 Å². The second-order valence-corrected chi connectivity index (χ2v) is 7.58. The number of nitrogens with one attached hydrogen (secondary N) is 2. The fraction of sp³-hybridized carbons (Fsp3) is 0.136. The minimum atomic E-state index is -0.236. The summed E-state index contributed by atoms with van der Waals surface area (Å²) in [7, 11) is 0. The summed E-state index contributed by atoms with van der Waals surface area (Å²) in [6.07, 6.45) is 0.764. The van der Waals surface area contributed by atoms with Gasteiger partial charge in [-0.15, -0.1) is 0 Å². The van der Waals surface area contributed by atoms with Gasteiger partial charge in [-0.25, -0.2) is 0 Å². The van der Waals surface area contributed by atoms with Gasteiger partial charge in [0.05, 0.1) is 22.3 Å². The number of carbonyl (C=O) groups is 1. The minimum absolute atomic E-state index is 0.00879. The number of rotatable bonds is 7. The van der Waals surface area contributed by atoms with Gasteiger partial charge in [0, 0.05) is 11.1 Å². The maximum Gasteiger partial charge on any atom is 0.238 e. The third-order valence-electron chi connectivity index (χ3n) is 4.26. The van der Waals surface area contributed by atoms with Gasteiger partial charge in [0.15, 0.2) is 0 Å². The molecule has 3 nitrogen and oxygen atoms in total. The Kier molecular flexibility index (Phi) is 7.35. The fourth-order valence-corrected chi connectivity index (χ4v) is 3.82. The van der Waals surface area contributed by atoms with Crippen molar-refractivity contribution in [1.29, 1.82) is 0 Å². The van der Waals surface area contributed by atoms with Crippen LogP contribution < -0.4 is 10.6 Å². The highest BCUT2D eigenvalue weighted by molar-refractivity contribution is 6.42. The Labute approximate surface area is 179 Å². The lowest BCUT2D eigenvalue weighted by Gasteiger charge is -2.20. The summed E-state index contributed by atoms with van der Waals surface area (Å²) in [6, 6.07) is 23.3. The van der Waals surface area contributed by atoms with Gasteiger partial charge in [0.25, 0.3) is 0 Å². The lowest BCUT2D eigenvalue weighted by molar-refractivity contribution is -0.115. The van der Waals surface area contributed by atoms with Crippen molar-refractivity contribution in [3.05, 3.63) is 99.0 Å². The van der Waals surface area contributed by atoms with Crippen LogP contribution in [-0.4, -0.2) is 12.5 Å². The van der Waals surface area contributed by atoms with Crippen LogP contribution in [0.4, 0.5) is 5.69 Å². The zero-order valence-electron chi connectivity index (χ0n) is 15.0. The standard InChI is InChI=1S/C22H19Cl3N2O/c23-17-12-18(24)22(19(25)13-17)27-21(28)14-26-20(16-9-5-2-6-10-16)11-15-7-3-1-4-8-15/h1-10,12-13,20,26H,11,14H2,(H,27,28)/t20-/m1/s1. The number of benzene rings is 3. The summed E-state index contributed by atoms with van der Waals surface area (Å²) in [5.41, 5.74) is 2.66. The van der Waals surface area contributed by atoms with E-state index in [0.717, 1.165) is 12.0 Å². The smallest absolute Gasteiger partial charge is 0.238 e. The van der Waals surface area contributed by atoms with Crippen molar-refractivity contribution in [2.24, 2.45) is 0 Å². The van der Waals surface area contributed by atoms with Crippen LogP contribution >= 0.6 is 34.8 Å². The van der Waals surface area contributed by atoms with Crippen molar-refractivity contribution in [3.8, 4) is 0 Å². The number of hydrogen-bond acceptors (Lipinski definition) is 2. The summed E-state index contributed by atoms with van der Waals surface area (Å²) >= 11 is 18.2. The topological polar surface area (TPSA) is 41.1 Å². The first-order chi connectivity index (χ1) is 13.5. The number of anilines is 1. The second-order valence-electron chi connectivity index (χ2n) is 6.33. The molecule has 0 aliphatic carbocycles. The van der Waals surface area contributed by atoms with Gasteiger partial charge < -0.3 is 10.6 Å². The Bertz CT molecular complexity index is 910. The molecule has 0 saturated carbocycles. The average Bonchev–Trinajstić information content (AvgIpc) is 2.69. The highest BCUT2D eigenvalue weighted by atomic mass is 35.5. The van der Waals surface area contributed by atoms with Crippen molar-refractivity contribution in [1.82, 2.24) is 5.32 Å². The van der Waals surface area contributed by atoms with Gasteiger partial charge in [-0.3, -0.25) is 4.79 Å². The molecular weight excluding hydrogens is 415 g/mol. The van der Waals surface area contributed by atoms with Crippen LogP contribution in [0, 0.1) is 0 Å². The van der Waals surface area contributed by atoms with Crippen LogP contribution in [-0.2, 0) is 11.2 Å². The summed E-state index contributed by atoms with van der Waals surface area (Å²) in [5, 5.41) is 7.10. The van der Waals surface area contributed by atoms with E-state index in [1.54, 1.807) is 12.1 Å². The molecule has 0 fully saturated rings. The van der Waals surface area contributed by atoms with E-state index in [0.29, 0.717) is 20.8 Å². The quantitative estimate of drug-likeness (QED) is 0.468. The Morgan fingerprint density at radius 3 is 2.04 bits per heavy atom. The molecule has 0 unspecified atom stereocenters. The lowest BCUT2D eigenvalue weighted by atomic mass is 9.99. The number of carbonyl (C=O) groups excluding carboxylic acids is 1. The first-order valence-electron chi connectivity index (χ1n) is 8.79. The van der Waals surface area contributed by atoms with E-state index in [9.17, 15) is 4.79 Å². The zero-order chi connectivity index (χ0) is 19.9. The van der Waals surface area contributed by atoms with E-state index in [4.69, 9.17) is 34.8 Å². The van der Waals surface area contributed by atoms with Gasteiger partial charge in [0.2, 0.25) is 5.91 Å². The van der Waals surface area contributed by atoms with Crippen LogP contribution in [0.15, 0.2) is 72.8 Å². The SMILES string of the molecule is O=C(CN[C@H](Cc1ccccc1)c1ccccc1)Nc1c(Cl)cc(Cl)cc1Cl. The molecule has 0 heterocycles. The van der Waals surface area contributed by atoms with Crippen molar-refractivity contribution in [2.45, 2.75) is 12.5 Å². The Balaban J connectivity index is 1.69. The van der Waals surface area contributed by atoms with Gasteiger partial charge in [-0.2, -0.15) is 0 Å². The molecule has 0 aliphatic rings. The Morgan fingerprint density at radius 2 is 1.43 bits per heavy atom. The maximum absolute atomic E-state index is 12.5. The van der Waals surface area contributed by atoms with E-state index in [-0.39, 0.29) is 18.5 Å². The molecule has 0 aliphatic heterocycles. The molecule has 3 aromatic rings. The zero-order valence-corrected chi connectivity index (χ0v) is 17.2. The number of halogens is 3.